The molecule has 0 fully saturated rings. The highest BCUT2D eigenvalue weighted by molar-refractivity contribution is 6.51. The smallest absolute Gasteiger partial charge is 0.348 e. The topological polar surface area (TPSA) is 80.4 Å². The number of carboxylic acids is 1. The van der Waals surface area contributed by atoms with Crippen molar-refractivity contribution in [1.82, 2.24) is 14.9 Å². The fraction of sp³-hybridized carbons (Fsp3) is 0. The van der Waals surface area contributed by atoms with Gasteiger partial charge in [0.2, 0.25) is 0 Å². The molecule has 8 heteroatoms. The molecular weight excluding hydrogens is 231 g/mol. The van der Waals surface area contributed by atoms with Gasteiger partial charge in [0.25, 0.3) is 0 Å². The van der Waals surface area contributed by atoms with Crippen LogP contribution in [0.1, 0.15) is 0 Å². The van der Waals surface area contributed by atoms with Crippen molar-refractivity contribution in [2.24, 2.45) is 5.10 Å². The second-order valence-corrected chi connectivity index (χ2v) is 2.84. The summed E-state index contributed by atoms with van der Waals surface area (Å²) in [5.41, 5.74) is 0. The molecule has 0 amide bonds. The Balaban J connectivity index is 2.79. The minimum Gasteiger partial charge on any atom is -0.477 e. The van der Waals surface area contributed by atoms with E-state index >= 15 is 0 Å². The molecule has 0 aliphatic heterocycles. The van der Waals surface area contributed by atoms with Crippen LogP contribution in [0.15, 0.2) is 27.8 Å². The van der Waals surface area contributed by atoms with E-state index in [0.29, 0.717) is 0 Å². The van der Waals surface area contributed by atoms with Gasteiger partial charge < -0.3 is 5.11 Å². The van der Waals surface area contributed by atoms with Gasteiger partial charge in [0.1, 0.15) is 17.7 Å². The van der Waals surface area contributed by atoms with Gasteiger partial charge in [-0.25, -0.2) is 9.47 Å². The number of carbonyl (C=O) groups is 1. The molecule has 0 aliphatic carbocycles. The Morgan fingerprint density at radius 3 is 2.50 bits per heavy atom. The van der Waals surface area contributed by atoms with Gasteiger partial charge in [-0.1, -0.05) is 23.2 Å². The van der Waals surface area contributed by atoms with Crippen molar-refractivity contribution in [3.05, 3.63) is 22.7 Å². The monoisotopic (exact) mass is 234 g/mol. The molecule has 1 heterocycles. The fourth-order valence-corrected chi connectivity index (χ4v) is 0.704. The maximum absolute atomic E-state index is 10.3. The van der Waals surface area contributed by atoms with Crippen molar-refractivity contribution in [2.75, 3.05) is 0 Å². The lowest BCUT2D eigenvalue weighted by Crippen LogP contribution is -1.97. The predicted molar refractivity (Wildman–Crippen MR) is 50.3 cm³/mol. The normalized spacial score (nSPS) is 13.0. The van der Waals surface area contributed by atoms with Crippen LogP contribution in [0.4, 0.5) is 0 Å². The molecule has 1 aromatic rings. The fourth-order valence-electron chi connectivity index (χ4n) is 0.531. The molecule has 74 valence electrons. The molecule has 0 bridgehead atoms. The van der Waals surface area contributed by atoms with E-state index in [0.717, 1.165) is 6.21 Å². The first-order chi connectivity index (χ1) is 6.61. The Bertz CT molecular complexity index is 385. The molecule has 0 aliphatic rings. The molecule has 0 unspecified atom stereocenters. The second-order valence-electron chi connectivity index (χ2n) is 2.05. The third-order valence-corrected chi connectivity index (χ3v) is 1.86. The van der Waals surface area contributed by atoms with Crippen LogP contribution in [-0.2, 0) is 4.79 Å². The Morgan fingerprint density at radius 1 is 1.43 bits per heavy atom. The number of hydrogen-bond acceptors (Lipinski definition) is 4. The van der Waals surface area contributed by atoms with Crippen LogP contribution in [0.3, 0.4) is 0 Å². The molecule has 1 N–H and O–H groups in total. The SMILES string of the molecule is O=C(O)/C(Cl)=C(Cl)/C=N/n1cnnc1. The van der Waals surface area contributed by atoms with Gasteiger partial charge in [-0.2, -0.15) is 5.10 Å². The van der Waals surface area contributed by atoms with Gasteiger partial charge in [-0.15, -0.1) is 10.2 Å². The number of halogens is 2. The highest BCUT2D eigenvalue weighted by atomic mass is 35.5. The van der Waals surface area contributed by atoms with Crippen molar-refractivity contribution in [3.8, 4) is 0 Å². The number of aliphatic carboxylic acids is 1. The van der Waals surface area contributed by atoms with Crippen LogP contribution in [0.25, 0.3) is 0 Å². The number of aromatic nitrogens is 3. The zero-order valence-electron chi connectivity index (χ0n) is 6.63. The number of carboxylic acid groups (broad SMARTS) is 1. The highest BCUT2D eigenvalue weighted by Gasteiger charge is 2.07. The third kappa shape index (κ3) is 2.82. The summed E-state index contributed by atoms with van der Waals surface area (Å²) < 4.78 is 1.24. The quantitative estimate of drug-likeness (QED) is 0.622. The molecular formula is C6H4Cl2N4O2. The molecule has 0 saturated carbocycles. The summed E-state index contributed by atoms with van der Waals surface area (Å²) in [6.07, 6.45) is 3.71. The molecule has 0 aromatic carbocycles. The minimum absolute atomic E-state index is 0.173. The summed E-state index contributed by atoms with van der Waals surface area (Å²) in [5, 5.41) is 18.4. The van der Waals surface area contributed by atoms with Crippen LogP contribution >= 0.6 is 23.2 Å². The van der Waals surface area contributed by atoms with Crippen LogP contribution < -0.4 is 0 Å². The van der Waals surface area contributed by atoms with Crippen LogP contribution in [0, 0.1) is 0 Å². The summed E-state index contributed by atoms with van der Waals surface area (Å²) in [6.45, 7) is 0. The van der Waals surface area contributed by atoms with Crippen molar-refractivity contribution < 1.29 is 9.90 Å². The van der Waals surface area contributed by atoms with Gasteiger partial charge >= 0.3 is 5.97 Å². The van der Waals surface area contributed by atoms with E-state index in [1.165, 1.54) is 17.3 Å². The van der Waals surface area contributed by atoms with E-state index in [4.69, 9.17) is 28.3 Å². The Kier molecular flexibility index (Phi) is 3.61. The van der Waals surface area contributed by atoms with Crippen molar-refractivity contribution in [2.45, 2.75) is 0 Å². The molecule has 1 rings (SSSR count). The average Bonchev–Trinajstić information content (AvgIpc) is 2.65. The van der Waals surface area contributed by atoms with Gasteiger partial charge in [0.15, 0.2) is 0 Å². The number of nitrogens with zero attached hydrogens (tertiary/aromatic N) is 4. The lowest BCUT2D eigenvalue weighted by molar-refractivity contribution is -0.131. The van der Waals surface area contributed by atoms with Gasteiger partial charge in [-0.05, 0) is 0 Å². The molecule has 0 atom stereocenters. The molecule has 0 radical (unpaired) electrons. The molecule has 14 heavy (non-hydrogen) atoms. The molecule has 1 aromatic heterocycles. The number of rotatable bonds is 3. The van der Waals surface area contributed by atoms with E-state index in [-0.39, 0.29) is 5.03 Å². The Labute approximate surface area is 88.5 Å². The third-order valence-electron chi connectivity index (χ3n) is 1.11. The minimum atomic E-state index is -1.31. The van der Waals surface area contributed by atoms with E-state index in [9.17, 15) is 4.79 Å². The van der Waals surface area contributed by atoms with Crippen molar-refractivity contribution in [1.29, 1.82) is 0 Å². The maximum atomic E-state index is 10.3. The summed E-state index contributed by atoms with van der Waals surface area (Å²) in [4.78, 5) is 10.3. The van der Waals surface area contributed by atoms with E-state index < -0.39 is 11.0 Å². The van der Waals surface area contributed by atoms with Crippen molar-refractivity contribution in [3.63, 3.8) is 0 Å². The summed E-state index contributed by atoms with van der Waals surface area (Å²) in [7, 11) is 0. The standard InChI is InChI=1S/C6H4Cl2N4O2/c7-4(5(8)6(13)14)1-11-12-2-9-10-3-12/h1-3H,(H,13,14)/b5-4+,11-1+. The molecule has 0 saturated heterocycles. The van der Waals surface area contributed by atoms with Crippen molar-refractivity contribution >= 4 is 35.4 Å². The Morgan fingerprint density at radius 2 is 2.00 bits per heavy atom. The Hall–Kier alpha value is -1.40. The zero-order chi connectivity index (χ0) is 10.6. The maximum Gasteiger partial charge on any atom is 0.348 e. The number of allylic oxidation sites excluding steroid dienone is 1. The average molecular weight is 235 g/mol. The molecule has 0 spiro atoms. The lowest BCUT2D eigenvalue weighted by Gasteiger charge is -1.92. The largest absolute Gasteiger partial charge is 0.477 e. The summed E-state index contributed by atoms with van der Waals surface area (Å²) in [6, 6.07) is 0. The van der Waals surface area contributed by atoms with Gasteiger partial charge in [0, 0.05) is 0 Å². The zero-order valence-corrected chi connectivity index (χ0v) is 8.14. The van der Waals surface area contributed by atoms with E-state index in [1.807, 2.05) is 0 Å². The van der Waals surface area contributed by atoms with Crippen LogP contribution in [0.5, 0.6) is 0 Å². The van der Waals surface area contributed by atoms with E-state index in [2.05, 4.69) is 15.3 Å². The summed E-state index contributed by atoms with van der Waals surface area (Å²) >= 11 is 10.8. The first kappa shape index (κ1) is 10.7. The van der Waals surface area contributed by atoms with Crippen LogP contribution in [0.2, 0.25) is 0 Å². The first-order valence-electron chi connectivity index (χ1n) is 3.29. The number of hydrogen-bond donors (Lipinski definition) is 1. The first-order valence-corrected chi connectivity index (χ1v) is 4.04. The van der Waals surface area contributed by atoms with Gasteiger partial charge in [-0.3, -0.25) is 0 Å². The summed E-state index contributed by atoms with van der Waals surface area (Å²) in [5.74, 6) is -1.31. The van der Waals surface area contributed by atoms with E-state index in [1.54, 1.807) is 0 Å². The van der Waals surface area contributed by atoms with Gasteiger partial charge in [0.05, 0.1) is 11.2 Å². The highest BCUT2D eigenvalue weighted by Crippen LogP contribution is 2.11. The second kappa shape index (κ2) is 4.73. The van der Waals surface area contributed by atoms with Crippen LogP contribution in [-0.4, -0.2) is 32.2 Å². The predicted octanol–water partition coefficient (Wildman–Crippen LogP) is 0.886. The molecule has 6 nitrogen and oxygen atoms in total. The lowest BCUT2D eigenvalue weighted by atomic mass is 10.5.